The molecule has 4 aromatic heterocycles. The molecule has 0 N–H and O–H groups in total. The molecule has 0 spiro atoms. The van der Waals surface area contributed by atoms with Crippen LogP contribution in [0.1, 0.15) is 16.4 Å². The summed E-state index contributed by atoms with van der Waals surface area (Å²) >= 11 is 1.59. The third kappa shape index (κ3) is 3.30. The van der Waals surface area contributed by atoms with E-state index < -0.39 is 0 Å². The second-order valence-corrected chi connectivity index (χ2v) is 7.60. The van der Waals surface area contributed by atoms with Crippen molar-refractivity contribution in [2.45, 2.75) is 6.54 Å². The molecule has 5 heterocycles. The number of amides is 1. The highest BCUT2D eigenvalue weighted by molar-refractivity contribution is 7.13. The van der Waals surface area contributed by atoms with Crippen LogP contribution in [-0.2, 0) is 6.54 Å². The molecular formula is C19H18N6O2S. The van der Waals surface area contributed by atoms with Gasteiger partial charge in [0.25, 0.3) is 5.91 Å². The number of thiophene rings is 1. The van der Waals surface area contributed by atoms with Crippen molar-refractivity contribution in [1.29, 1.82) is 0 Å². The first-order valence-electron chi connectivity index (χ1n) is 9.08. The monoisotopic (exact) mass is 394 g/mol. The van der Waals surface area contributed by atoms with Gasteiger partial charge in [-0.15, -0.1) is 11.3 Å². The van der Waals surface area contributed by atoms with Gasteiger partial charge in [0.05, 0.1) is 11.4 Å². The molecule has 1 aliphatic heterocycles. The second-order valence-electron chi connectivity index (χ2n) is 6.65. The average molecular weight is 394 g/mol. The van der Waals surface area contributed by atoms with Gasteiger partial charge in [0.1, 0.15) is 11.3 Å². The van der Waals surface area contributed by atoms with Crippen LogP contribution in [0, 0.1) is 0 Å². The molecule has 1 saturated heterocycles. The van der Waals surface area contributed by atoms with E-state index in [-0.39, 0.29) is 5.91 Å². The van der Waals surface area contributed by atoms with E-state index in [4.69, 9.17) is 4.52 Å². The van der Waals surface area contributed by atoms with Gasteiger partial charge in [0.2, 0.25) is 11.7 Å². The number of hydrogen-bond acceptors (Lipinski definition) is 7. The molecule has 0 saturated carbocycles. The van der Waals surface area contributed by atoms with Gasteiger partial charge in [-0.1, -0.05) is 17.3 Å². The highest BCUT2D eigenvalue weighted by Gasteiger charge is 2.25. The van der Waals surface area contributed by atoms with Crippen molar-refractivity contribution in [3.05, 3.63) is 59.7 Å². The van der Waals surface area contributed by atoms with Crippen LogP contribution in [0.5, 0.6) is 0 Å². The van der Waals surface area contributed by atoms with Crippen LogP contribution in [0.15, 0.2) is 52.6 Å². The van der Waals surface area contributed by atoms with E-state index >= 15 is 0 Å². The fraction of sp³-hybridized carbons (Fsp3) is 0.263. The van der Waals surface area contributed by atoms with E-state index in [9.17, 15) is 4.79 Å². The van der Waals surface area contributed by atoms with Crippen LogP contribution >= 0.6 is 11.3 Å². The quantitative estimate of drug-likeness (QED) is 0.529. The molecule has 0 atom stereocenters. The Balaban J connectivity index is 1.20. The number of aromatic nitrogens is 4. The lowest BCUT2D eigenvalue weighted by molar-refractivity contribution is 0.0610. The van der Waals surface area contributed by atoms with E-state index in [0.717, 1.165) is 23.6 Å². The van der Waals surface area contributed by atoms with Crippen LogP contribution < -0.4 is 0 Å². The number of carbonyl (C=O) groups is 1. The Hall–Kier alpha value is -3.04. The van der Waals surface area contributed by atoms with E-state index in [1.165, 1.54) is 0 Å². The number of piperazine rings is 1. The van der Waals surface area contributed by atoms with Gasteiger partial charge in [-0.25, -0.2) is 4.98 Å². The summed E-state index contributed by atoms with van der Waals surface area (Å²) in [5.41, 5.74) is 1.26. The zero-order valence-electron chi connectivity index (χ0n) is 15.1. The molecular weight excluding hydrogens is 376 g/mol. The van der Waals surface area contributed by atoms with Crippen molar-refractivity contribution < 1.29 is 9.32 Å². The van der Waals surface area contributed by atoms with Crippen molar-refractivity contribution in [2.24, 2.45) is 0 Å². The molecule has 0 aliphatic carbocycles. The predicted molar refractivity (Wildman–Crippen MR) is 104 cm³/mol. The highest BCUT2D eigenvalue weighted by atomic mass is 32.1. The Kier molecular flexibility index (Phi) is 4.38. The number of carbonyl (C=O) groups excluding carboxylic acids is 1. The zero-order chi connectivity index (χ0) is 18.9. The molecule has 0 radical (unpaired) electrons. The van der Waals surface area contributed by atoms with Crippen molar-refractivity contribution in [1.82, 2.24) is 29.3 Å². The largest absolute Gasteiger partial charge is 0.338 e. The Labute approximate surface area is 165 Å². The molecule has 1 aliphatic rings. The van der Waals surface area contributed by atoms with Crippen molar-refractivity contribution >= 4 is 22.9 Å². The lowest BCUT2D eigenvalue weighted by atomic mass is 10.3. The first-order valence-corrected chi connectivity index (χ1v) is 9.96. The Bertz CT molecular complexity index is 1060. The molecule has 28 heavy (non-hydrogen) atoms. The summed E-state index contributed by atoms with van der Waals surface area (Å²) in [5, 5.41) is 6.04. The summed E-state index contributed by atoms with van der Waals surface area (Å²) in [4.78, 5) is 26.7. The third-order valence-corrected chi connectivity index (χ3v) is 5.68. The van der Waals surface area contributed by atoms with E-state index in [1.807, 2.05) is 51.2 Å². The van der Waals surface area contributed by atoms with Crippen LogP contribution in [-0.4, -0.2) is 61.4 Å². The van der Waals surface area contributed by atoms with E-state index in [0.29, 0.717) is 37.0 Å². The number of pyridine rings is 1. The standard InChI is InChI=1S/C19H18N6O2S/c26-19(14-12-25-6-2-1-5-16(25)20-14)24-9-7-23(8-10-24)13-17-21-18(22-27-17)15-4-3-11-28-15/h1-6,11-12H,7-10,13H2. The van der Waals surface area contributed by atoms with Crippen molar-refractivity contribution in [3.63, 3.8) is 0 Å². The van der Waals surface area contributed by atoms with Gasteiger partial charge in [0, 0.05) is 38.6 Å². The Morgan fingerprint density at radius 2 is 2.00 bits per heavy atom. The van der Waals surface area contributed by atoms with Gasteiger partial charge in [-0.3, -0.25) is 9.69 Å². The molecule has 0 aromatic carbocycles. The summed E-state index contributed by atoms with van der Waals surface area (Å²) in [6.07, 6.45) is 3.68. The molecule has 5 rings (SSSR count). The lowest BCUT2D eigenvalue weighted by Gasteiger charge is -2.33. The van der Waals surface area contributed by atoms with Crippen LogP contribution in [0.3, 0.4) is 0 Å². The maximum absolute atomic E-state index is 12.8. The summed E-state index contributed by atoms with van der Waals surface area (Å²) in [7, 11) is 0. The topological polar surface area (TPSA) is 79.8 Å². The smallest absolute Gasteiger partial charge is 0.274 e. The van der Waals surface area contributed by atoms with Crippen molar-refractivity contribution in [2.75, 3.05) is 26.2 Å². The van der Waals surface area contributed by atoms with Crippen LogP contribution in [0.25, 0.3) is 16.3 Å². The van der Waals surface area contributed by atoms with Gasteiger partial charge < -0.3 is 13.8 Å². The van der Waals surface area contributed by atoms with Gasteiger partial charge in [0.15, 0.2) is 0 Å². The van der Waals surface area contributed by atoms with E-state index in [1.54, 1.807) is 17.5 Å². The van der Waals surface area contributed by atoms with Gasteiger partial charge in [-0.05, 0) is 23.6 Å². The number of rotatable bonds is 4. The minimum Gasteiger partial charge on any atom is -0.338 e. The molecule has 4 aromatic rings. The first kappa shape index (κ1) is 17.1. The number of nitrogens with zero attached hydrogens (tertiary/aromatic N) is 6. The minimum absolute atomic E-state index is 0.0267. The molecule has 1 fully saturated rings. The summed E-state index contributed by atoms with van der Waals surface area (Å²) < 4.78 is 7.24. The zero-order valence-corrected chi connectivity index (χ0v) is 15.9. The lowest BCUT2D eigenvalue weighted by Crippen LogP contribution is -2.48. The summed E-state index contributed by atoms with van der Waals surface area (Å²) in [5.74, 6) is 1.20. The molecule has 0 unspecified atom stereocenters. The molecule has 0 bridgehead atoms. The van der Waals surface area contributed by atoms with E-state index in [2.05, 4.69) is 20.0 Å². The fourth-order valence-corrected chi connectivity index (χ4v) is 3.97. The van der Waals surface area contributed by atoms with Crippen LogP contribution in [0.4, 0.5) is 0 Å². The van der Waals surface area contributed by atoms with Gasteiger partial charge in [-0.2, -0.15) is 4.98 Å². The first-order chi connectivity index (χ1) is 13.8. The fourth-order valence-electron chi connectivity index (χ4n) is 3.33. The highest BCUT2D eigenvalue weighted by Crippen LogP contribution is 2.21. The molecule has 9 heteroatoms. The normalized spacial score (nSPS) is 15.4. The summed E-state index contributed by atoms with van der Waals surface area (Å²) in [6, 6.07) is 9.67. The predicted octanol–water partition coefficient (Wildman–Crippen LogP) is 2.40. The SMILES string of the molecule is O=C(c1cn2ccccc2n1)N1CCN(Cc2nc(-c3cccs3)no2)CC1. The average Bonchev–Trinajstić information content (AvgIpc) is 3.47. The van der Waals surface area contributed by atoms with Crippen LogP contribution in [0.2, 0.25) is 0 Å². The Morgan fingerprint density at radius 3 is 2.79 bits per heavy atom. The third-order valence-electron chi connectivity index (χ3n) is 4.81. The minimum atomic E-state index is -0.0267. The van der Waals surface area contributed by atoms with Crippen molar-refractivity contribution in [3.8, 4) is 10.7 Å². The number of hydrogen-bond donors (Lipinski definition) is 0. The summed E-state index contributed by atoms with van der Waals surface area (Å²) in [6.45, 7) is 3.41. The maximum Gasteiger partial charge on any atom is 0.274 e. The maximum atomic E-state index is 12.8. The molecule has 8 nitrogen and oxygen atoms in total. The van der Waals surface area contributed by atoms with Gasteiger partial charge >= 0.3 is 0 Å². The molecule has 142 valence electrons. The Morgan fingerprint density at radius 1 is 1.11 bits per heavy atom. The number of fused-ring (bicyclic) bond motifs is 1. The number of imidazole rings is 1. The second kappa shape index (κ2) is 7.17. The molecule has 1 amide bonds.